The van der Waals surface area contributed by atoms with Crippen molar-refractivity contribution in [3.05, 3.63) is 42.4 Å². The van der Waals surface area contributed by atoms with E-state index in [4.69, 9.17) is 14.5 Å². The fourth-order valence-electron chi connectivity index (χ4n) is 5.45. The van der Waals surface area contributed by atoms with Gasteiger partial charge in [-0.2, -0.15) is 5.10 Å². The third-order valence-corrected chi connectivity index (χ3v) is 8.09. The second-order valence-corrected chi connectivity index (χ2v) is 10.4. The van der Waals surface area contributed by atoms with Gasteiger partial charge >= 0.3 is 0 Å². The van der Waals surface area contributed by atoms with Crippen molar-refractivity contribution in [1.82, 2.24) is 20.5 Å². The van der Waals surface area contributed by atoms with Gasteiger partial charge in [-0.05, 0) is 50.3 Å². The number of benzene rings is 1. The molecule has 4 heterocycles. The summed E-state index contributed by atoms with van der Waals surface area (Å²) < 4.78 is 10.9. The number of aromatic nitrogens is 3. The van der Waals surface area contributed by atoms with Gasteiger partial charge in [0.25, 0.3) is 0 Å². The Bertz CT molecular complexity index is 1220. The molecule has 1 atom stereocenters. The maximum Gasteiger partial charge on any atom is 0.241 e. The van der Waals surface area contributed by atoms with Crippen molar-refractivity contribution < 1.29 is 14.3 Å². The number of nitrogens with one attached hydrogen (secondary N) is 3. The molecule has 9 heteroatoms. The van der Waals surface area contributed by atoms with E-state index in [1.807, 2.05) is 24.4 Å². The maximum atomic E-state index is 13.5. The largest absolute Gasteiger partial charge is 0.497 e. The fraction of sp³-hybridized carbons (Fsp3) is 0.519. The van der Waals surface area contributed by atoms with Gasteiger partial charge in [0.2, 0.25) is 5.91 Å². The summed E-state index contributed by atoms with van der Waals surface area (Å²) in [5.74, 6) is 1.38. The number of carbonyl (C=O) groups is 1. The number of amides is 1. The first-order valence-electron chi connectivity index (χ1n) is 13.0. The van der Waals surface area contributed by atoms with Crippen molar-refractivity contribution in [3.8, 4) is 5.75 Å². The van der Waals surface area contributed by atoms with Crippen molar-refractivity contribution in [1.29, 1.82) is 0 Å². The van der Waals surface area contributed by atoms with Gasteiger partial charge in [-0.15, -0.1) is 0 Å². The van der Waals surface area contributed by atoms with Gasteiger partial charge in [-0.25, -0.2) is 0 Å². The van der Waals surface area contributed by atoms with Gasteiger partial charge in [0, 0.05) is 36.7 Å². The van der Waals surface area contributed by atoms with Gasteiger partial charge in [-0.3, -0.25) is 14.9 Å². The Morgan fingerprint density at radius 3 is 2.81 bits per heavy atom. The lowest BCUT2D eigenvalue weighted by atomic mass is 9.80. The Hall–Kier alpha value is -3.17. The number of anilines is 2. The highest BCUT2D eigenvalue weighted by Crippen LogP contribution is 2.36. The number of pyridine rings is 1. The number of H-pyrrole nitrogens is 1. The monoisotopic (exact) mass is 490 g/mol. The standard InChI is InChI=1S/C27H34N6O3/c1-35-21-10-23(22-14-30-32-24(22)11-21)31-26(34)27(16-36-17-27)25-8-7-20(13-29-25)33-9-3-6-19(15-33)28-12-18-4-2-5-18/h7-8,10-11,13-14,18-19,28H,2-6,9,12,15-17H2,1H3,(H,30,32)(H,31,34)/t19-/m1/s1. The second kappa shape index (κ2) is 9.71. The molecule has 2 aliphatic heterocycles. The third kappa shape index (κ3) is 4.30. The molecule has 1 aliphatic carbocycles. The molecule has 2 aromatic heterocycles. The van der Waals surface area contributed by atoms with Crippen LogP contribution >= 0.6 is 0 Å². The highest BCUT2D eigenvalue weighted by molar-refractivity contribution is 6.06. The third-order valence-electron chi connectivity index (χ3n) is 8.09. The Kier molecular flexibility index (Phi) is 6.27. The van der Waals surface area contributed by atoms with E-state index in [2.05, 4.69) is 31.8 Å². The molecule has 190 valence electrons. The summed E-state index contributed by atoms with van der Waals surface area (Å²) in [4.78, 5) is 20.7. The quantitative estimate of drug-likeness (QED) is 0.445. The van der Waals surface area contributed by atoms with Crippen LogP contribution in [0.2, 0.25) is 0 Å². The summed E-state index contributed by atoms with van der Waals surface area (Å²) in [6, 6.07) is 8.28. The van der Waals surface area contributed by atoms with Crippen molar-refractivity contribution in [2.24, 2.45) is 5.92 Å². The molecule has 3 N–H and O–H groups in total. The summed E-state index contributed by atoms with van der Waals surface area (Å²) in [7, 11) is 1.60. The predicted octanol–water partition coefficient (Wildman–Crippen LogP) is 3.23. The molecule has 3 aliphatic rings. The number of rotatable bonds is 8. The SMILES string of the molecule is COc1cc(NC(=O)C2(c3ccc(N4CCC[C@@H](NCC5CCC5)C4)cn3)COC2)c2cn[nH]c2c1. The molecule has 1 aromatic carbocycles. The molecule has 1 saturated carbocycles. The van der Waals surface area contributed by atoms with Crippen LogP contribution in [0, 0.1) is 5.92 Å². The lowest BCUT2D eigenvalue weighted by Crippen LogP contribution is -2.56. The lowest BCUT2D eigenvalue weighted by molar-refractivity contribution is -0.140. The first-order chi connectivity index (χ1) is 17.6. The smallest absolute Gasteiger partial charge is 0.241 e. The Balaban J connectivity index is 1.16. The molecule has 1 amide bonds. The van der Waals surface area contributed by atoms with Crippen LogP contribution < -0.4 is 20.3 Å². The number of carbonyl (C=O) groups excluding carboxylic acids is 1. The van der Waals surface area contributed by atoms with Crippen LogP contribution in [0.25, 0.3) is 10.9 Å². The van der Waals surface area contributed by atoms with E-state index in [0.717, 1.165) is 47.8 Å². The number of fused-ring (bicyclic) bond motifs is 1. The summed E-state index contributed by atoms with van der Waals surface area (Å²) in [6.45, 7) is 3.79. The number of hydrogen-bond acceptors (Lipinski definition) is 7. The number of nitrogens with zero attached hydrogens (tertiary/aromatic N) is 3. The number of hydrogen-bond donors (Lipinski definition) is 3. The minimum atomic E-state index is -0.813. The molecule has 36 heavy (non-hydrogen) atoms. The summed E-state index contributed by atoms with van der Waals surface area (Å²) >= 11 is 0. The van der Waals surface area contributed by atoms with Gasteiger partial charge in [0.15, 0.2) is 0 Å². The number of methoxy groups -OCH3 is 1. The summed E-state index contributed by atoms with van der Waals surface area (Å²) in [5, 5.41) is 14.7. The maximum absolute atomic E-state index is 13.5. The van der Waals surface area contributed by atoms with Crippen LogP contribution in [0.1, 0.15) is 37.8 Å². The molecule has 0 radical (unpaired) electrons. The van der Waals surface area contributed by atoms with E-state index < -0.39 is 5.41 Å². The fourth-order valence-corrected chi connectivity index (χ4v) is 5.45. The minimum absolute atomic E-state index is 0.136. The zero-order valence-electron chi connectivity index (χ0n) is 20.8. The minimum Gasteiger partial charge on any atom is -0.497 e. The zero-order valence-corrected chi connectivity index (χ0v) is 20.8. The molecular weight excluding hydrogens is 456 g/mol. The van der Waals surface area contributed by atoms with Crippen LogP contribution in [-0.4, -0.2) is 67.1 Å². The Morgan fingerprint density at radius 2 is 2.11 bits per heavy atom. The van der Waals surface area contributed by atoms with E-state index >= 15 is 0 Å². The van der Waals surface area contributed by atoms with Crippen LogP contribution in [0.3, 0.4) is 0 Å². The average molecular weight is 491 g/mol. The molecule has 6 rings (SSSR count). The summed E-state index contributed by atoms with van der Waals surface area (Å²) in [6.07, 6.45) is 10.2. The highest BCUT2D eigenvalue weighted by Gasteiger charge is 2.49. The van der Waals surface area contributed by atoms with E-state index in [-0.39, 0.29) is 5.91 Å². The highest BCUT2D eigenvalue weighted by atomic mass is 16.5. The van der Waals surface area contributed by atoms with Crippen molar-refractivity contribution in [2.75, 3.05) is 50.2 Å². The Labute approximate surface area is 210 Å². The molecule has 2 saturated heterocycles. The number of piperidine rings is 1. The first kappa shape index (κ1) is 23.2. The lowest BCUT2D eigenvalue weighted by Gasteiger charge is -2.40. The van der Waals surface area contributed by atoms with Crippen LogP contribution in [0.15, 0.2) is 36.7 Å². The molecule has 9 nitrogen and oxygen atoms in total. The Morgan fingerprint density at radius 1 is 1.22 bits per heavy atom. The van der Waals surface area contributed by atoms with E-state index in [1.165, 1.54) is 32.1 Å². The molecule has 3 aromatic rings. The molecular formula is C27H34N6O3. The van der Waals surface area contributed by atoms with Gasteiger partial charge in [0.1, 0.15) is 11.2 Å². The van der Waals surface area contributed by atoms with Crippen molar-refractivity contribution in [2.45, 2.75) is 43.6 Å². The average Bonchev–Trinajstić information content (AvgIpc) is 3.32. The van der Waals surface area contributed by atoms with Crippen molar-refractivity contribution >= 4 is 28.2 Å². The van der Waals surface area contributed by atoms with E-state index in [9.17, 15) is 4.79 Å². The topological polar surface area (TPSA) is 104 Å². The van der Waals surface area contributed by atoms with Gasteiger partial charge < -0.3 is 25.0 Å². The second-order valence-electron chi connectivity index (χ2n) is 10.4. The van der Waals surface area contributed by atoms with Gasteiger partial charge in [-0.1, -0.05) is 6.42 Å². The van der Waals surface area contributed by atoms with Crippen molar-refractivity contribution in [3.63, 3.8) is 0 Å². The van der Waals surface area contributed by atoms with Crippen LogP contribution in [0.5, 0.6) is 5.75 Å². The molecule has 0 spiro atoms. The van der Waals surface area contributed by atoms with Gasteiger partial charge in [0.05, 0.1) is 55.3 Å². The van der Waals surface area contributed by atoms with Crippen LogP contribution in [0.4, 0.5) is 11.4 Å². The predicted molar refractivity (Wildman–Crippen MR) is 139 cm³/mol. The molecule has 3 fully saturated rings. The molecule has 0 unspecified atom stereocenters. The first-order valence-corrected chi connectivity index (χ1v) is 13.0. The van der Waals surface area contributed by atoms with Crippen LogP contribution in [-0.2, 0) is 14.9 Å². The van der Waals surface area contributed by atoms with E-state index in [1.54, 1.807) is 13.3 Å². The number of aromatic amines is 1. The molecule has 0 bridgehead atoms. The number of ether oxygens (including phenoxy) is 2. The summed E-state index contributed by atoms with van der Waals surface area (Å²) in [5.41, 5.74) is 2.48. The van der Waals surface area contributed by atoms with E-state index in [0.29, 0.717) is 30.7 Å². The normalized spacial score (nSPS) is 21.6. The zero-order chi connectivity index (χ0) is 24.5.